The lowest BCUT2D eigenvalue weighted by molar-refractivity contribution is 0.380. The Kier molecular flexibility index (Phi) is 5.80. The molecule has 0 aromatic heterocycles. The minimum Gasteiger partial charge on any atom is -0.382 e. The van der Waals surface area contributed by atoms with Crippen LogP contribution in [0.15, 0.2) is 0 Å². The summed E-state index contributed by atoms with van der Waals surface area (Å²) in [6.07, 6.45) is 0. The third-order valence-electron chi connectivity index (χ3n) is 0.494. The average Bonchev–Trinajstić information content (AvgIpc) is 1.80. The van der Waals surface area contributed by atoms with E-state index in [0.29, 0.717) is 0 Å². The predicted octanol–water partition coefficient (Wildman–Crippen LogP) is -0.00610. The van der Waals surface area contributed by atoms with Gasteiger partial charge in [-0.3, -0.25) is 0 Å². The standard InChI is InChI=1S/C3H6N3O3PS3/c4-1(11)7-10(8-2(5)12)9-3(6)13/h(H2,4,11)(H2,5,12)(H2,6,13). The van der Waals surface area contributed by atoms with Gasteiger partial charge in [-0.2, -0.15) is 0 Å². The Bertz CT molecular complexity index is 199. The van der Waals surface area contributed by atoms with E-state index in [4.69, 9.17) is 17.2 Å². The van der Waals surface area contributed by atoms with Gasteiger partial charge in [-0.25, -0.2) is 0 Å². The van der Waals surface area contributed by atoms with Crippen LogP contribution in [-0.2, 0) is 13.6 Å². The highest BCUT2D eigenvalue weighted by atomic mass is 32.1. The van der Waals surface area contributed by atoms with Gasteiger partial charge in [0.25, 0.3) is 15.5 Å². The highest BCUT2D eigenvalue weighted by Crippen LogP contribution is 2.39. The molecular formula is C3H6N3O3PS3. The maximum absolute atomic E-state index is 5.04. The number of rotatable bonds is 3. The predicted molar refractivity (Wildman–Crippen MR) is 60.5 cm³/mol. The lowest BCUT2D eigenvalue weighted by atomic mass is 11.4. The molecule has 0 amide bonds. The zero-order valence-corrected chi connectivity index (χ0v) is 9.47. The smallest absolute Gasteiger partial charge is 0.382 e. The second-order valence-corrected chi connectivity index (χ2v) is 3.66. The Labute approximate surface area is 91.7 Å². The lowest BCUT2D eigenvalue weighted by Crippen LogP contribution is -2.19. The Morgan fingerprint density at radius 3 is 1.15 bits per heavy atom. The molecule has 13 heavy (non-hydrogen) atoms. The van der Waals surface area contributed by atoms with Crippen LogP contribution >= 0.6 is 45.3 Å². The van der Waals surface area contributed by atoms with Gasteiger partial charge in [0.15, 0.2) is 0 Å². The number of nitrogens with two attached hydrogens (primary N) is 3. The number of hydrogen-bond donors (Lipinski definition) is 3. The molecule has 0 saturated heterocycles. The van der Waals surface area contributed by atoms with Gasteiger partial charge in [-0.05, 0) is 36.7 Å². The summed E-state index contributed by atoms with van der Waals surface area (Å²) in [5.41, 5.74) is 15.1. The second-order valence-electron chi connectivity index (χ2n) is 1.45. The zero-order valence-electron chi connectivity index (χ0n) is 6.13. The molecule has 0 aliphatic heterocycles. The molecule has 0 aliphatic carbocycles. The monoisotopic (exact) mass is 259 g/mol. The van der Waals surface area contributed by atoms with Crippen LogP contribution in [0.4, 0.5) is 0 Å². The van der Waals surface area contributed by atoms with Crippen LogP contribution in [0.5, 0.6) is 0 Å². The molecule has 0 heterocycles. The fraction of sp³-hybridized carbons (Fsp3) is 0. The third kappa shape index (κ3) is 7.85. The van der Waals surface area contributed by atoms with Crippen LogP contribution in [0.2, 0.25) is 0 Å². The minimum atomic E-state index is -1.98. The van der Waals surface area contributed by atoms with E-state index in [1.54, 1.807) is 0 Å². The fourth-order valence-corrected chi connectivity index (χ4v) is 1.38. The molecule has 0 rings (SSSR count). The first-order valence-electron chi connectivity index (χ1n) is 2.64. The summed E-state index contributed by atoms with van der Waals surface area (Å²) in [4.78, 5) is 0. The minimum absolute atomic E-state index is 0.279. The SMILES string of the molecule is NC(=S)OP(OC(N)=S)OC(N)=S. The van der Waals surface area contributed by atoms with E-state index in [1.165, 1.54) is 0 Å². The van der Waals surface area contributed by atoms with Crippen molar-refractivity contribution in [3.8, 4) is 0 Å². The average molecular weight is 259 g/mol. The van der Waals surface area contributed by atoms with Gasteiger partial charge in [0.05, 0.1) is 0 Å². The van der Waals surface area contributed by atoms with Crippen LogP contribution < -0.4 is 17.2 Å². The van der Waals surface area contributed by atoms with Gasteiger partial charge in [0.2, 0.25) is 0 Å². The Morgan fingerprint density at radius 2 is 1.00 bits per heavy atom. The molecule has 0 bridgehead atoms. The van der Waals surface area contributed by atoms with E-state index in [0.717, 1.165) is 0 Å². The summed E-state index contributed by atoms with van der Waals surface area (Å²) < 4.78 is 14.0. The van der Waals surface area contributed by atoms with E-state index in [1.807, 2.05) is 0 Å². The lowest BCUT2D eigenvalue weighted by Gasteiger charge is -2.13. The summed E-state index contributed by atoms with van der Waals surface area (Å²) in [6, 6.07) is 0. The van der Waals surface area contributed by atoms with E-state index in [2.05, 4.69) is 50.2 Å². The van der Waals surface area contributed by atoms with Gasteiger partial charge in [0.1, 0.15) is 0 Å². The van der Waals surface area contributed by atoms with Crippen molar-refractivity contribution < 1.29 is 13.6 Å². The largest absolute Gasteiger partial charge is 0.535 e. The summed E-state index contributed by atoms with van der Waals surface area (Å²) in [7, 11) is -1.98. The molecule has 0 atom stereocenters. The van der Waals surface area contributed by atoms with E-state index >= 15 is 0 Å². The normalized spacial score (nSPS) is 9.00. The summed E-state index contributed by atoms with van der Waals surface area (Å²) >= 11 is 13.3. The molecule has 6 N–H and O–H groups in total. The molecule has 0 aliphatic rings. The zero-order chi connectivity index (χ0) is 10.4. The van der Waals surface area contributed by atoms with Crippen LogP contribution in [0.25, 0.3) is 0 Å². The van der Waals surface area contributed by atoms with Crippen molar-refractivity contribution in [2.75, 3.05) is 0 Å². The third-order valence-corrected chi connectivity index (χ3v) is 2.15. The summed E-state index contributed by atoms with van der Waals surface area (Å²) in [5, 5.41) is -0.837. The molecule has 0 fully saturated rings. The van der Waals surface area contributed by atoms with Gasteiger partial charge in [0, 0.05) is 0 Å². The first kappa shape index (κ1) is 12.5. The van der Waals surface area contributed by atoms with E-state index < -0.39 is 8.60 Å². The van der Waals surface area contributed by atoms with Crippen molar-refractivity contribution in [1.82, 2.24) is 0 Å². The molecule has 0 unspecified atom stereocenters. The molecular weight excluding hydrogens is 253 g/mol. The second kappa shape index (κ2) is 6.03. The number of hydrogen-bond acceptors (Lipinski definition) is 6. The summed E-state index contributed by atoms with van der Waals surface area (Å²) in [5.74, 6) is 0. The molecule has 6 nitrogen and oxygen atoms in total. The van der Waals surface area contributed by atoms with Crippen molar-refractivity contribution in [1.29, 1.82) is 0 Å². The molecule has 0 radical (unpaired) electrons. The van der Waals surface area contributed by atoms with Crippen LogP contribution in [0, 0.1) is 0 Å². The maximum Gasteiger partial charge on any atom is 0.535 e. The van der Waals surface area contributed by atoms with Crippen molar-refractivity contribution >= 4 is 60.8 Å². The Morgan fingerprint density at radius 1 is 0.769 bits per heavy atom. The van der Waals surface area contributed by atoms with E-state index in [-0.39, 0.29) is 15.5 Å². The van der Waals surface area contributed by atoms with Crippen LogP contribution in [0.1, 0.15) is 0 Å². The molecule has 10 heteroatoms. The molecule has 0 aromatic rings. The first-order valence-corrected chi connectivity index (χ1v) is 4.96. The van der Waals surface area contributed by atoms with Gasteiger partial charge in [-0.1, -0.05) is 0 Å². The first-order chi connectivity index (χ1) is 5.91. The van der Waals surface area contributed by atoms with Gasteiger partial charge >= 0.3 is 8.60 Å². The van der Waals surface area contributed by atoms with Gasteiger partial charge in [-0.15, -0.1) is 0 Å². The van der Waals surface area contributed by atoms with Crippen molar-refractivity contribution in [3.05, 3.63) is 0 Å². The number of thiocarbonyl (C=S) groups is 3. The Balaban J connectivity index is 4.10. The van der Waals surface area contributed by atoms with Crippen LogP contribution in [0.3, 0.4) is 0 Å². The molecule has 74 valence electrons. The topological polar surface area (TPSA) is 106 Å². The molecule has 0 aromatic carbocycles. The quantitative estimate of drug-likeness (QED) is 0.476. The molecule has 0 saturated carbocycles. The Hall–Kier alpha value is -0.500. The fourth-order valence-electron chi connectivity index (χ4n) is 0.276. The van der Waals surface area contributed by atoms with Gasteiger partial charge < -0.3 is 30.8 Å². The van der Waals surface area contributed by atoms with Crippen LogP contribution in [-0.4, -0.2) is 15.5 Å². The highest BCUT2D eigenvalue weighted by molar-refractivity contribution is 7.81. The maximum atomic E-state index is 5.04. The van der Waals surface area contributed by atoms with E-state index in [9.17, 15) is 0 Å². The molecule has 0 spiro atoms. The van der Waals surface area contributed by atoms with Crippen molar-refractivity contribution in [2.45, 2.75) is 0 Å². The highest BCUT2D eigenvalue weighted by Gasteiger charge is 2.20. The van der Waals surface area contributed by atoms with Crippen molar-refractivity contribution in [3.63, 3.8) is 0 Å². The van der Waals surface area contributed by atoms with Crippen molar-refractivity contribution in [2.24, 2.45) is 17.2 Å². The summed E-state index contributed by atoms with van der Waals surface area (Å²) in [6.45, 7) is 0.